The van der Waals surface area contributed by atoms with Gasteiger partial charge in [0.1, 0.15) is 17.3 Å². The fraction of sp³-hybridized carbons (Fsp3) is 0.214. The zero-order chi connectivity index (χ0) is 24.7. The third-order valence-electron chi connectivity index (χ3n) is 6.31. The summed E-state index contributed by atoms with van der Waals surface area (Å²) in [6.45, 7) is 4.36. The molecular formula is C28H23F3N2O2. The quantitative estimate of drug-likeness (QED) is 0.334. The van der Waals surface area contributed by atoms with Crippen molar-refractivity contribution < 1.29 is 22.7 Å². The fourth-order valence-electron chi connectivity index (χ4n) is 4.74. The third kappa shape index (κ3) is 4.11. The van der Waals surface area contributed by atoms with Crippen molar-refractivity contribution in [1.29, 1.82) is 0 Å². The number of hydrogen-bond acceptors (Lipinski definition) is 3. The number of nitrogens with one attached hydrogen (secondary N) is 1. The molecule has 3 aromatic carbocycles. The van der Waals surface area contributed by atoms with E-state index in [1.165, 1.54) is 6.20 Å². The van der Waals surface area contributed by atoms with E-state index in [1.54, 1.807) is 12.1 Å². The Morgan fingerprint density at radius 2 is 1.83 bits per heavy atom. The Kier molecular flexibility index (Phi) is 5.93. The van der Waals surface area contributed by atoms with Gasteiger partial charge in [0.2, 0.25) is 0 Å². The zero-order valence-electron chi connectivity index (χ0n) is 19.2. The van der Waals surface area contributed by atoms with Gasteiger partial charge in [0.15, 0.2) is 11.6 Å². The van der Waals surface area contributed by atoms with Crippen LogP contribution in [0.2, 0.25) is 0 Å². The molecule has 1 aromatic heterocycles. The second kappa shape index (κ2) is 9.06. The number of benzene rings is 3. The van der Waals surface area contributed by atoms with Crippen molar-refractivity contribution in [3.05, 3.63) is 95.1 Å². The Balaban J connectivity index is 1.60. The first-order valence-electron chi connectivity index (χ1n) is 11.4. The number of hydrogen-bond donors (Lipinski definition) is 1. The molecule has 178 valence electrons. The highest BCUT2D eigenvalue weighted by Gasteiger charge is 2.26. The molecule has 0 unspecified atom stereocenters. The second-order valence-electron chi connectivity index (χ2n) is 8.89. The molecule has 0 spiro atoms. The highest BCUT2D eigenvalue weighted by Crippen LogP contribution is 2.37. The molecule has 1 N–H and O–H groups in total. The molecule has 0 bridgehead atoms. The van der Waals surface area contributed by atoms with E-state index in [-0.39, 0.29) is 29.1 Å². The molecule has 5 rings (SSSR count). The Hall–Kier alpha value is -3.87. The number of fused-ring (bicyclic) bond motifs is 2. The normalized spacial score (nSPS) is 15.1. The van der Waals surface area contributed by atoms with E-state index in [4.69, 9.17) is 4.74 Å². The summed E-state index contributed by atoms with van der Waals surface area (Å²) < 4.78 is 48.2. The van der Waals surface area contributed by atoms with Gasteiger partial charge >= 0.3 is 0 Å². The van der Waals surface area contributed by atoms with E-state index in [9.17, 15) is 18.0 Å². The first-order chi connectivity index (χ1) is 16.8. The van der Waals surface area contributed by atoms with Crippen molar-refractivity contribution in [2.45, 2.75) is 32.2 Å². The van der Waals surface area contributed by atoms with Gasteiger partial charge in [-0.25, -0.2) is 13.2 Å². The number of halogens is 3. The van der Waals surface area contributed by atoms with E-state index in [0.717, 1.165) is 17.4 Å². The largest absolute Gasteiger partial charge is 0.493 e. The number of carbonyl (C=O) groups is 1. The molecule has 4 nitrogen and oxygen atoms in total. The second-order valence-corrected chi connectivity index (χ2v) is 8.89. The summed E-state index contributed by atoms with van der Waals surface area (Å²) in [6, 6.07) is 13.9. The number of carbonyl (C=O) groups excluding carboxylic acids is 1. The molecule has 1 amide bonds. The van der Waals surface area contributed by atoms with Gasteiger partial charge in [-0.2, -0.15) is 0 Å². The number of rotatable bonds is 4. The van der Waals surface area contributed by atoms with E-state index in [2.05, 4.69) is 10.3 Å². The van der Waals surface area contributed by atoms with Gasteiger partial charge in [-0.1, -0.05) is 50.2 Å². The summed E-state index contributed by atoms with van der Waals surface area (Å²) in [5.41, 5.74) is 1.96. The van der Waals surface area contributed by atoms with Crippen LogP contribution in [-0.4, -0.2) is 17.5 Å². The van der Waals surface area contributed by atoms with Crippen molar-refractivity contribution in [3.63, 3.8) is 0 Å². The zero-order valence-corrected chi connectivity index (χ0v) is 19.2. The molecule has 35 heavy (non-hydrogen) atoms. The molecular weight excluding hydrogens is 453 g/mol. The molecule has 0 radical (unpaired) electrons. The van der Waals surface area contributed by atoms with Crippen LogP contribution < -0.4 is 10.1 Å². The number of aromatic nitrogens is 1. The Bertz CT molecular complexity index is 1450. The highest BCUT2D eigenvalue weighted by molar-refractivity contribution is 6.04. The summed E-state index contributed by atoms with van der Waals surface area (Å²) in [5, 5.41) is 4.26. The molecule has 7 heteroatoms. The van der Waals surface area contributed by atoms with Crippen LogP contribution in [0.25, 0.3) is 21.9 Å². The van der Waals surface area contributed by atoms with Crippen LogP contribution in [0.4, 0.5) is 13.2 Å². The van der Waals surface area contributed by atoms with Crippen molar-refractivity contribution in [3.8, 4) is 16.9 Å². The minimum Gasteiger partial charge on any atom is -0.493 e. The molecule has 0 saturated carbocycles. The summed E-state index contributed by atoms with van der Waals surface area (Å²) in [5.74, 6) is -2.95. The predicted molar refractivity (Wildman–Crippen MR) is 128 cm³/mol. The number of ether oxygens (including phenoxy) is 1. The van der Waals surface area contributed by atoms with Crippen molar-refractivity contribution in [1.82, 2.24) is 10.3 Å². The van der Waals surface area contributed by atoms with Crippen LogP contribution in [0.15, 0.2) is 60.8 Å². The topological polar surface area (TPSA) is 51.2 Å². The summed E-state index contributed by atoms with van der Waals surface area (Å²) >= 11 is 0. The van der Waals surface area contributed by atoms with Crippen molar-refractivity contribution >= 4 is 16.7 Å². The smallest absolute Gasteiger partial charge is 0.270 e. The average Bonchev–Trinajstić information content (AvgIpc) is 2.85. The van der Waals surface area contributed by atoms with Gasteiger partial charge < -0.3 is 10.1 Å². The van der Waals surface area contributed by atoms with Crippen LogP contribution >= 0.6 is 0 Å². The van der Waals surface area contributed by atoms with Crippen LogP contribution in [0.5, 0.6) is 5.75 Å². The maximum atomic E-state index is 14.6. The highest BCUT2D eigenvalue weighted by atomic mass is 19.2. The van der Waals surface area contributed by atoms with Crippen LogP contribution in [0, 0.1) is 17.5 Å². The van der Waals surface area contributed by atoms with Gasteiger partial charge in [-0.05, 0) is 34.6 Å². The molecule has 4 aromatic rings. The lowest BCUT2D eigenvalue weighted by molar-refractivity contribution is 0.0918. The summed E-state index contributed by atoms with van der Waals surface area (Å²) in [4.78, 5) is 17.9. The van der Waals surface area contributed by atoms with E-state index >= 15 is 0 Å². The lowest BCUT2D eigenvalue weighted by Gasteiger charge is -2.27. The van der Waals surface area contributed by atoms with Gasteiger partial charge in [-0.3, -0.25) is 9.78 Å². The number of pyridine rings is 1. The first-order valence-corrected chi connectivity index (χ1v) is 11.4. The minimum atomic E-state index is -1.26. The van der Waals surface area contributed by atoms with E-state index < -0.39 is 17.5 Å². The molecule has 0 aliphatic carbocycles. The lowest BCUT2D eigenvalue weighted by Crippen LogP contribution is -2.33. The summed E-state index contributed by atoms with van der Waals surface area (Å²) in [6.07, 6.45) is 2.09. The standard InChI is InChI=1S/C28H23F3N2O2/c1-15(2)25-18-8-5-7-17(20-12-16(29)13-22(30)26(20)31)21(18)14-32-27(25)28(34)33-23-10-11-35-24-9-4-3-6-19(23)24/h3-9,12-15,23H,10-11H2,1-2H3,(H,33,34)/t23-/m0/s1. The van der Waals surface area contributed by atoms with Gasteiger partial charge in [-0.15, -0.1) is 0 Å². The third-order valence-corrected chi connectivity index (χ3v) is 6.31. The van der Waals surface area contributed by atoms with Crippen LogP contribution in [0.1, 0.15) is 53.8 Å². The number of amides is 1. The Labute approximate surface area is 200 Å². The maximum absolute atomic E-state index is 14.6. The maximum Gasteiger partial charge on any atom is 0.270 e. The monoisotopic (exact) mass is 476 g/mol. The molecule has 2 heterocycles. The number of nitrogens with zero attached hydrogens (tertiary/aromatic N) is 1. The fourth-order valence-corrected chi connectivity index (χ4v) is 4.74. The molecule has 0 saturated heterocycles. The minimum absolute atomic E-state index is 0.0988. The molecule has 0 fully saturated rings. The Morgan fingerprint density at radius 3 is 2.63 bits per heavy atom. The van der Waals surface area contributed by atoms with Crippen LogP contribution in [0.3, 0.4) is 0 Å². The van der Waals surface area contributed by atoms with Gasteiger partial charge in [0, 0.05) is 35.2 Å². The number of para-hydroxylation sites is 1. The Morgan fingerprint density at radius 1 is 1.03 bits per heavy atom. The lowest BCUT2D eigenvalue weighted by atomic mass is 9.90. The SMILES string of the molecule is CC(C)c1c(C(=O)N[C@H]2CCOc3ccccc32)ncc2c(-c3cc(F)cc(F)c3F)cccc12. The van der Waals surface area contributed by atoms with E-state index in [1.807, 2.05) is 44.2 Å². The summed E-state index contributed by atoms with van der Waals surface area (Å²) in [7, 11) is 0. The van der Waals surface area contributed by atoms with Crippen LogP contribution in [-0.2, 0) is 0 Å². The first kappa shape index (κ1) is 22.9. The van der Waals surface area contributed by atoms with Gasteiger partial charge in [0.05, 0.1) is 12.6 Å². The molecule has 1 atom stereocenters. The van der Waals surface area contributed by atoms with E-state index in [0.29, 0.717) is 41.0 Å². The van der Waals surface area contributed by atoms with Crippen molar-refractivity contribution in [2.24, 2.45) is 0 Å². The van der Waals surface area contributed by atoms with Crippen molar-refractivity contribution in [2.75, 3.05) is 6.61 Å². The van der Waals surface area contributed by atoms with Gasteiger partial charge in [0.25, 0.3) is 5.91 Å². The predicted octanol–water partition coefficient (Wildman–Crippen LogP) is 6.70. The molecule has 1 aliphatic heterocycles. The molecule has 1 aliphatic rings. The average molecular weight is 476 g/mol.